The van der Waals surface area contributed by atoms with Gasteiger partial charge in [0.2, 0.25) is 0 Å². The molecule has 0 aliphatic rings. The van der Waals surface area contributed by atoms with Crippen LogP contribution in [0.15, 0.2) is 41.3 Å². The predicted molar refractivity (Wildman–Crippen MR) is 82.1 cm³/mol. The molecule has 1 atom stereocenters. The van der Waals surface area contributed by atoms with E-state index in [2.05, 4.69) is 39.8 Å². The van der Waals surface area contributed by atoms with E-state index in [1.165, 1.54) is 10.9 Å². The SMILES string of the molecule is C=C(C)C(CC)[PH](C)(C)c1cccc(SF)c1. The molecule has 0 heterocycles. The summed E-state index contributed by atoms with van der Waals surface area (Å²) in [7, 11) is -1.60. The molecule has 0 amide bonds. The summed E-state index contributed by atoms with van der Waals surface area (Å²) in [5, 5.41) is 1.31. The van der Waals surface area contributed by atoms with Gasteiger partial charge in [-0.15, -0.1) is 0 Å². The Hall–Kier alpha value is -0.330. The Bertz CT molecular complexity index is 401. The van der Waals surface area contributed by atoms with E-state index in [0.29, 0.717) is 22.7 Å². The zero-order chi connectivity index (χ0) is 13.1. The normalized spacial score (nSPS) is 14.4. The van der Waals surface area contributed by atoms with Gasteiger partial charge in [0, 0.05) is 0 Å². The molecular formula is C14H22FPS. The molecule has 0 fully saturated rings. The topological polar surface area (TPSA) is 0 Å². The molecule has 1 rings (SSSR count). The molecular weight excluding hydrogens is 250 g/mol. The van der Waals surface area contributed by atoms with Crippen molar-refractivity contribution in [3.63, 3.8) is 0 Å². The van der Waals surface area contributed by atoms with Gasteiger partial charge in [-0.2, -0.15) is 0 Å². The summed E-state index contributed by atoms with van der Waals surface area (Å²) < 4.78 is 12.6. The summed E-state index contributed by atoms with van der Waals surface area (Å²) in [6, 6.07) is 7.91. The van der Waals surface area contributed by atoms with Crippen molar-refractivity contribution in [3.05, 3.63) is 36.4 Å². The van der Waals surface area contributed by atoms with Gasteiger partial charge in [-0.3, -0.25) is 0 Å². The van der Waals surface area contributed by atoms with Gasteiger partial charge in [-0.1, -0.05) is 0 Å². The number of benzene rings is 1. The van der Waals surface area contributed by atoms with Gasteiger partial charge in [0.15, 0.2) is 0 Å². The minimum atomic E-state index is -1.60. The van der Waals surface area contributed by atoms with Crippen LogP contribution in [0, 0.1) is 0 Å². The second-order valence-corrected chi connectivity index (χ2v) is 10.5. The van der Waals surface area contributed by atoms with E-state index in [4.69, 9.17) is 0 Å². The maximum atomic E-state index is 12.6. The van der Waals surface area contributed by atoms with Crippen molar-refractivity contribution < 1.29 is 3.89 Å². The molecule has 1 unspecified atom stereocenters. The van der Waals surface area contributed by atoms with Crippen LogP contribution in [0.1, 0.15) is 20.3 Å². The summed E-state index contributed by atoms with van der Waals surface area (Å²) in [5.74, 6) is 0. The van der Waals surface area contributed by atoms with Crippen molar-refractivity contribution in [1.82, 2.24) is 0 Å². The van der Waals surface area contributed by atoms with Crippen molar-refractivity contribution in [2.24, 2.45) is 0 Å². The zero-order valence-electron chi connectivity index (χ0n) is 11.1. The molecule has 0 aliphatic heterocycles. The van der Waals surface area contributed by atoms with Crippen LogP contribution in [0.5, 0.6) is 0 Å². The molecule has 0 spiro atoms. The van der Waals surface area contributed by atoms with Crippen LogP contribution in [0.25, 0.3) is 0 Å². The van der Waals surface area contributed by atoms with Gasteiger partial charge in [0.05, 0.1) is 0 Å². The Labute approximate surface area is 109 Å². The third-order valence-electron chi connectivity index (χ3n) is 3.54. The van der Waals surface area contributed by atoms with Gasteiger partial charge in [-0.05, 0) is 0 Å². The predicted octanol–water partition coefficient (Wildman–Crippen LogP) is 4.65. The average molecular weight is 272 g/mol. The van der Waals surface area contributed by atoms with Crippen LogP contribution in [-0.2, 0) is 0 Å². The Morgan fingerprint density at radius 2 is 2.12 bits per heavy atom. The van der Waals surface area contributed by atoms with E-state index in [1.54, 1.807) is 0 Å². The molecule has 0 bridgehead atoms. The third-order valence-corrected chi connectivity index (χ3v) is 8.42. The first kappa shape index (κ1) is 14.7. The first-order valence-corrected chi connectivity index (χ1v) is 9.77. The Morgan fingerprint density at radius 3 is 2.59 bits per heavy atom. The van der Waals surface area contributed by atoms with E-state index >= 15 is 0 Å². The molecule has 0 saturated heterocycles. The molecule has 3 heteroatoms. The van der Waals surface area contributed by atoms with Crippen molar-refractivity contribution in [2.75, 3.05) is 13.3 Å². The molecule has 1 aromatic rings. The standard InChI is InChI=1S/C14H22FPS/c1-6-14(11(2)3)16(4,5)12-8-7-9-13(10-12)17-15/h7-10,14,16H,2,6H2,1,3-5H3. The van der Waals surface area contributed by atoms with Crippen LogP contribution in [0.4, 0.5) is 3.89 Å². The Balaban J connectivity index is 3.14. The first-order chi connectivity index (χ1) is 7.93. The van der Waals surface area contributed by atoms with Crippen molar-refractivity contribution in [2.45, 2.75) is 30.8 Å². The first-order valence-electron chi connectivity index (χ1n) is 5.98. The van der Waals surface area contributed by atoms with Gasteiger partial charge in [-0.25, -0.2) is 0 Å². The van der Waals surface area contributed by atoms with E-state index in [-0.39, 0.29) is 0 Å². The number of hydrogen-bond donors (Lipinski definition) is 0. The van der Waals surface area contributed by atoms with E-state index < -0.39 is 7.26 Å². The van der Waals surface area contributed by atoms with Gasteiger partial charge >= 0.3 is 109 Å². The van der Waals surface area contributed by atoms with Gasteiger partial charge in [0.25, 0.3) is 0 Å². The van der Waals surface area contributed by atoms with Gasteiger partial charge in [0.1, 0.15) is 0 Å². The number of rotatable bonds is 5. The van der Waals surface area contributed by atoms with Crippen LogP contribution >= 0.6 is 19.4 Å². The molecule has 0 saturated carbocycles. The van der Waals surface area contributed by atoms with Crippen molar-refractivity contribution in [3.8, 4) is 0 Å². The van der Waals surface area contributed by atoms with Crippen molar-refractivity contribution >= 4 is 24.7 Å². The summed E-state index contributed by atoms with van der Waals surface area (Å²) in [5.41, 5.74) is 1.81. The van der Waals surface area contributed by atoms with Crippen LogP contribution in [-0.4, -0.2) is 19.0 Å². The average Bonchev–Trinajstić information content (AvgIpc) is 2.29. The molecule has 0 radical (unpaired) electrons. The molecule has 96 valence electrons. The van der Waals surface area contributed by atoms with Gasteiger partial charge < -0.3 is 0 Å². The fourth-order valence-electron chi connectivity index (χ4n) is 2.62. The molecule has 0 N–H and O–H groups in total. The number of allylic oxidation sites excluding steroid dienone is 1. The summed E-state index contributed by atoms with van der Waals surface area (Å²) in [6.45, 7) is 13.1. The van der Waals surface area contributed by atoms with E-state index in [1.807, 2.05) is 18.2 Å². The molecule has 17 heavy (non-hydrogen) atoms. The zero-order valence-corrected chi connectivity index (χ0v) is 12.9. The number of hydrogen-bond acceptors (Lipinski definition) is 1. The minimum absolute atomic E-state index is 0.327. The second kappa shape index (κ2) is 6.02. The molecule has 0 aliphatic carbocycles. The molecule has 0 aromatic heterocycles. The number of halogens is 1. The Morgan fingerprint density at radius 1 is 1.47 bits per heavy atom. The summed E-state index contributed by atoms with van der Waals surface area (Å²) in [4.78, 5) is 0.708. The monoisotopic (exact) mass is 272 g/mol. The fourth-order valence-corrected chi connectivity index (χ4v) is 6.74. The quantitative estimate of drug-likeness (QED) is 0.555. The summed E-state index contributed by atoms with van der Waals surface area (Å²) in [6.07, 6.45) is 1.11. The second-order valence-electron chi connectivity index (χ2n) is 5.13. The van der Waals surface area contributed by atoms with Crippen molar-refractivity contribution in [1.29, 1.82) is 0 Å². The van der Waals surface area contributed by atoms with E-state index in [9.17, 15) is 3.89 Å². The Kier molecular flexibility index (Phi) is 5.22. The third kappa shape index (κ3) is 3.33. The fraction of sp³-hybridized carbons (Fsp3) is 0.429. The van der Waals surface area contributed by atoms with Crippen LogP contribution in [0.2, 0.25) is 0 Å². The maximum absolute atomic E-state index is 12.6. The van der Waals surface area contributed by atoms with Crippen LogP contribution in [0.3, 0.4) is 0 Å². The van der Waals surface area contributed by atoms with Crippen LogP contribution < -0.4 is 5.30 Å². The van der Waals surface area contributed by atoms with E-state index in [0.717, 1.165) is 6.42 Å². The molecule has 1 aromatic carbocycles. The summed E-state index contributed by atoms with van der Waals surface area (Å²) >= 11 is 0.327. The molecule has 0 nitrogen and oxygen atoms in total.